The van der Waals surface area contributed by atoms with E-state index in [1.807, 2.05) is 13.8 Å². The molecule has 1 unspecified atom stereocenters. The molecule has 1 amide bonds. The minimum absolute atomic E-state index is 0.145. The van der Waals surface area contributed by atoms with Gasteiger partial charge in [-0.15, -0.1) is 0 Å². The first-order valence-electron chi connectivity index (χ1n) is 6.00. The van der Waals surface area contributed by atoms with Crippen molar-refractivity contribution in [3.63, 3.8) is 0 Å². The van der Waals surface area contributed by atoms with Gasteiger partial charge in [0.15, 0.2) is 0 Å². The summed E-state index contributed by atoms with van der Waals surface area (Å²) >= 11 is 0. The van der Waals surface area contributed by atoms with E-state index in [1.54, 1.807) is 0 Å². The van der Waals surface area contributed by atoms with Gasteiger partial charge in [0.05, 0.1) is 0 Å². The summed E-state index contributed by atoms with van der Waals surface area (Å²) in [6.45, 7) is 4.01. The third-order valence-electron chi connectivity index (χ3n) is 3.35. The highest BCUT2D eigenvalue weighted by Gasteiger charge is 2.34. The summed E-state index contributed by atoms with van der Waals surface area (Å²) in [6.07, 6.45) is 2.93. The van der Waals surface area contributed by atoms with Crippen molar-refractivity contribution in [3.8, 4) is 0 Å². The van der Waals surface area contributed by atoms with Gasteiger partial charge in [-0.25, -0.2) is 4.79 Å². The van der Waals surface area contributed by atoms with Crippen molar-refractivity contribution in [2.24, 2.45) is 5.92 Å². The first-order valence-corrected chi connectivity index (χ1v) is 6.00. The highest BCUT2D eigenvalue weighted by molar-refractivity contribution is 6.07. The Morgan fingerprint density at radius 3 is 2.72 bits per heavy atom. The Balaban J connectivity index is 2.32. The number of carboxylic acids is 1. The Morgan fingerprint density at radius 1 is 1.50 bits per heavy atom. The SMILES string of the molecule is CCC(CC)C1Nc2c(coc2C(=O)O)NC1=O. The first-order chi connectivity index (χ1) is 8.58. The van der Waals surface area contributed by atoms with E-state index in [9.17, 15) is 9.59 Å². The fraction of sp³-hybridized carbons (Fsp3) is 0.500. The fourth-order valence-electron chi connectivity index (χ4n) is 2.27. The molecule has 1 aromatic heterocycles. The largest absolute Gasteiger partial charge is 0.475 e. The van der Waals surface area contributed by atoms with Crippen molar-refractivity contribution < 1.29 is 19.1 Å². The average molecular weight is 252 g/mol. The van der Waals surface area contributed by atoms with Gasteiger partial charge >= 0.3 is 5.97 Å². The molecule has 0 aliphatic carbocycles. The molecule has 98 valence electrons. The molecule has 0 spiro atoms. The number of carbonyl (C=O) groups excluding carboxylic acids is 1. The number of amides is 1. The highest BCUT2D eigenvalue weighted by Crippen LogP contribution is 2.34. The Morgan fingerprint density at radius 2 is 2.17 bits per heavy atom. The van der Waals surface area contributed by atoms with Crippen LogP contribution in [0.25, 0.3) is 0 Å². The van der Waals surface area contributed by atoms with E-state index in [1.165, 1.54) is 6.26 Å². The number of aromatic carboxylic acids is 1. The van der Waals surface area contributed by atoms with Gasteiger partial charge in [-0.1, -0.05) is 26.7 Å². The van der Waals surface area contributed by atoms with Gasteiger partial charge in [-0.05, 0) is 5.92 Å². The molecule has 6 heteroatoms. The minimum Gasteiger partial charge on any atom is -0.475 e. The molecule has 0 aromatic carbocycles. The topological polar surface area (TPSA) is 91.6 Å². The zero-order chi connectivity index (χ0) is 13.3. The van der Waals surface area contributed by atoms with Crippen LogP contribution in [0.2, 0.25) is 0 Å². The van der Waals surface area contributed by atoms with Gasteiger partial charge in [0.2, 0.25) is 11.7 Å². The summed E-state index contributed by atoms with van der Waals surface area (Å²) < 4.78 is 4.95. The first kappa shape index (κ1) is 12.5. The lowest BCUT2D eigenvalue weighted by Gasteiger charge is -2.29. The van der Waals surface area contributed by atoms with Crippen LogP contribution < -0.4 is 10.6 Å². The second kappa shape index (κ2) is 4.72. The van der Waals surface area contributed by atoms with E-state index in [2.05, 4.69) is 10.6 Å². The Hall–Kier alpha value is -1.98. The zero-order valence-corrected chi connectivity index (χ0v) is 10.3. The second-order valence-corrected chi connectivity index (χ2v) is 4.35. The molecule has 6 nitrogen and oxygen atoms in total. The molecule has 1 aromatic rings. The molecule has 3 N–H and O–H groups in total. The van der Waals surface area contributed by atoms with Crippen LogP contribution in [0.3, 0.4) is 0 Å². The molecule has 2 rings (SSSR count). The quantitative estimate of drug-likeness (QED) is 0.763. The van der Waals surface area contributed by atoms with E-state index in [0.717, 1.165) is 12.8 Å². The molecule has 1 aliphatic rings. The van der Waals surface area contributed by atoms with Crippen LogP contribution in [0.1, 0.15) is 37.2 Å². The summed E-state index contributed by atoms with van der Waals surface area (Å²) in [6, 6.07) is -0.414. The molecule has 0 saturated heterocycles. The number of rotatable bonds is 4. The lowest BCUT2D eigenvalue weighted by atomic mass is 9.92. The molecule has 0 radical (unpaired) electrons. The number of carbonyl (C=O) groups is 2. The number of hydrogen-bond donors (Lipinski definition) is 3. The van der Waals surface area contributed by atoms with Crippen molar-refractivity contribution in [1.29, 1.82) is 0 Å². The second-order valence-electron chi connectivity index (χ2n) is 4.35. The number of carboxylic acid groups (broad SMARTS) is 1. The lowest BCUT2D eigenvalue weighted by Crippen LogP contribution is -2.43. The number of nitrogens with one attached hydrogen (secondary N) is 2. The van der Waals surface area contributed by atoms with E-state index in [0.29, 0.717) is 11.4 Å². The number of anilines is 2. The van der Waals surface area contributed by atoms with Gasteiger partial charge in [-0.2, -0.15) is 0 Å². The Kier molecular flexibility index (Phi) is 3.27. The predicted octanol–water partition coefficient (Wildman–Crippen LogP) is 2.15. The van der Waals surface area contributed by atoms with Crippen LogP contribution in [-0.4, -0.2) is 23.0 Å². The van der Waals surface area contributed by atoms with Crippen molar-refractivity contribution in [1.82, 2.24) is 0 Å². The van der Waals surface area contributed by atoms with Crippen molar-refractivity contribution in [2.75, 3.05) is 10.6 Å². The molecule has 18 heavy (non-hydrogen) atoms. The summed E-state index contributed by atoms with van der Waals surface area (Å²) in [5.41, 5.74) is 0.749. The smallest absolute Gasteiger partial charge is 0.374 e. The summed E-state index contributed by atoms with van der Waals surface area (Å²) in [5, 5.41) is 14.7. The minimum atomic E-state index is -1.15. The number of furan rings is 1. The van der Waals surface area contributed by atoms with Gasteiger partial charge in [-0.3, -0.25) is 4.79 Å². The normalized spacial score (nSPS) is 18.2. The third kappa shape index (κ3) is 1.94. The maximum atomic E-state index is 11.9. The van der Waals surface area contributed by atoms with Crippen LogP contribution in [0.5, 0.6) is 0 Å². The molecule has 0 bridgehead atoms. The highest BCUT2D eigenvalue weighted by atomic mass is 16.4. The van der Waals surface area contributed by atoms with Gasteiger partial charge in [0.1, 0.15) is 23.7 Å². The van der Waals surface area contributed by atoms with E-state index >= 15 is 0 Å². The number of fused-ring (bicyclic) bond motifs is 1. The predicted molar refractivity (Wildman–Crippen MR) is 65.8 cm³/mol. The van der Waals surface area contributed by atoms with Crippen LogP contribution in [-0.2, 0) is 4.79 Å². The van der Waals surface area contributed by atoms with Gasteiger partial charge in [0, 0.05) is 0 Å². The summed E-state index contributed by atoms with van der Waals surface area (Å²) in [4.78, 5) is 22.9. The molecular formula is C12H16N2O4. The lowest BCUT2D eigenvalue weighted by molar-refractivity contribution is -0.118. The molecule has 2 heterocycles. The molecule has 1 atom stereocenters. The summed E-state index contributed by atoms with van der Waals surface area (Å²) in [5.74, 6) is -1.30. The molecular weight excluding hydrogens is 236 g/mol. The van der Waals surface area contributed by atoms with Crippen molar-refractivity contribution >= 4 is 23.3 Å². The maximum Gasteiger partial charge on any atom is 0.374 e. The standard InChI is InChI=1S/C12H16N2O4/c1-3-6(4-2)8-11(15)13-7-5-18-10(12(16)17)9(7)14-8/h5-6,8,14H,3-4H2,1-2H3,(H,13,15)(H,16,17). The molecule has 0 saturated carbocycles. The molecule has 0 fully saturated rings. The zero-order valence-electron chi connectivity index (χ0n) is 10.3. The van der Waals surface area contributed by atoms with Gasteiger partial charge in [0.25, 0.3) is 0 Å². The van der Waals surface area contributed by atoms with Crippen LogP contribution in [0, 0.1) is 5.92 Å². The van der Waals surface area contributed by atoms with E-state index in [-0.39, 0.29) is 17.6 Å². The third-order valence-corrected chi connectivity index (χ3v) is 3.35. The Bertz CT molecular complexity index is 476. The van der Waals surface area contributed by atoms with Crippen molar-refractivity contribution in [3.05, 3.63) is 12.0 Å². The maximum absolute atomic E-state index is 11.9. The van der Waals surface area contributed by atoms with Crippen LogP contribution >= 0.6 is 0 Å². The van der Waals surface area contributed by atoms with Crippen LogP contribution in [0.4, 0.5) is 11.4 Å². The van der Waals surface area contributed by atoms with Crippen molar-refractivity contribution in [2.45, 2.75) is 32.7 Å². The fourth-order valence-corrected chi connectivity index (χ4v) is 2.27. The van der Waals surface area contributed by atoms with E-state index in [4.69, 9.17) is 9.52 Å². The Labute approximate surface area is 104 Å². The van der Waals surface area contributed by atoms with Gasteiger partial charge < -0.3 is 20.2 Å². The van der Waals surface area contributed by atoms with Crippen LogP contribution in [0.15, 0.2) is 10.7 Å². The average Bonchev–Trinajstić information content (AvgIpc) is 2.73. The number of hydrogen-bond acceptors (Lipinski definition) is 4. The monoisotopic (exact) mass is 252 g/mol. The van der Waals surface area contributed by atoms with E-state index < -0.39 is 12.0 Å². The molecule has 1 aliphatic heterocycles. The summed E-state index contributed by atoms with van der Waals surface area (Å²) in [7, 11) is 0.